The molecule has 0 aliphatic carbocycles. The van der Waals surface area contributed by atoms with E-state index < -0.39 is 5.97 Å². The monoisotopic (exact) mass is 200 g/mol. The van der Waals surface area contributed by atoms with Crippen molar-refractivity contribution in [2.75, 3.05) is 0 Å². The molecular formula is C8H12N2O4. The Morgan fingerprint density at radius 3 is 2.50 bits per heavy atom. The summed E-state index contributed by atoms with van der Waals surface area (Å²) in [5.74, 6) is -0.466. The molecule has 1 aromatic heterocycles. The fraction of sp³-hybridized carbons (Fsp3) is 0.375. The molecule has 1 rings (SSSR count). The molecule has 0 aromatic carbocycles. The van der Waals surface area contributed by atoms with Crippen LogP contribution in [0.25, 0.3) is 0 Å². The lowest BCUT2D eigenvalue weighted by molar-refractivity contribution is -0.142. The number of aromatic nitrogens is 2. The third-order valence-corrected chi connectivity index (χ3v) is 0.967. The summed E-state index contributed by atoms with van der Waals surface area (Å²) in [5.41, 5.74) is 0. The van der Waals surface area contributed by atoms with E-state index in [1.54, 1.807) is 12.4 Å². The molecule has 14 heavy (non-hydrogen) atoms. The Kier molecular flexibility index (Phi) is 5.77. The molecule has 1 heterocycles. The highest BCUT2D eigenvalue weighted by Gasteiger charge is 1.95. The molecule has 6 heteroatoms. The van der Waals surface area contributed by atoms with Crippen molar-refractivity contribution in [1.82, 2.24) is 9.97 Å². The SMILES string of the molecule is CC(=O)O.CC(=O)OCc1ncc[nH]1. The Bertz CT molecular complexity index is 278. The number of rotatable bonds is 2. The predicted molar refractivity (Wildman–Crippen MR) is 47.4 cm³/mol. The highest BCUT2D eigenvalue weighted by atomic mass is 16.5. The van der Waals surface area contributed by atoms with E-state index in [4.69, 9.17) is 9.90 Å². The molecule has 0 atom stereocenters. The smallest absolute Gasteiger partial charge is 0.303 e. The summed E-state index contributed by atoms with van der Waals surface area (Å²) in [6.45, 7) is 2.67. The zero-order valence-electron chi connectivity index (χ0n) is 7.98. The minimum Gasteiger partial charge on any atom is -0.481 e. The van der Waals surface area contributed by atoms with Crippen LogP contribution in [-0.4, -0.2) is 27.0 Å². The van der Waals surface area contributed by atoms with Crippen LogP contribution in [0.5, 0.6) is 0 Å². The Hall–Kier alpha value is -1.85. The maximum atomic E-state index is 10.3. The van der Waals surface area contributed by atoms with Gasteiger partial charge in [-0.25, -0.2) is 4.98 Å². The molecular weight excluding hydrogens is 188 g/mol. The molecule has 0 saturated carbocycles. The van der Waals surface area contributed by atoms with Crippen LogP contribution in [0.15, 0.2) is 12.4 Å². The van der Waals surface area contributed by atoms with Gasteiger partial charge in [-0.2, -0.15) is 0 Å². The topological polar surface area (TPSA) is 92.3 Å². The molecule has 1 aromatic rings. The lowest BCUT2D eigenvalue weighted by Crippen LogP contribution is -1.99. The molecule has 0 radical (unpaired) electrons. The number of carbonyl (C=O) groups excluding carboxylic acids is 1. The van der Waals surface area contributed by atoms with Gasteiger partial charge in [0.15, 0.2) is 0 Å². The maximum absolute atomic E-state index is 10.3. The Balaban J connectivity index is 0.000000364. The zero-order chi connectivity index (χ0) is 11.0. The second-order valence-corrected chi connectivity index (χ2v) is 2.34. The summed E-state index contributed by atoms with van der Waals surface area (Å²) in [4.78, 5) is 25.9. The number of nitrogens with one attached hydrogen (secondary N) is 1. The van der Waals surface area contributed by atoms with Gasteiger partial charge in [0.2, 0.25) is 0 Å². The number of aliphatic carboxylic acids is 1. The number of ether oxygens (including phenoxy) is 1. The average molecular weight is 200 g/mol. The number of hydrogen-bond acceptors (Lipinski definition) is 4. The fourth-order valence-electron chi connectivity index (χ4n) is 0.547. The molecule has 0 spiro atoms. The molecule has 0 bridgehead atoms. The Morgan fingerprint density at radius 1 is 1.57 bits per heavy atom. The number of hydrogen-bond donors (Lipinski definition) is 2. The van der Waals surface area contributed by atoms with Crippen molar-refractivity contribution < 1.29 is 19.4 Å². The fourth-order valence-corrected chi connectivity index (χ4v) is 0.547. The van der Waals surface area contributed by atoms with Gasteiger partial charge in [-0.15, -0.1) is 0 Å². The van der Waals surface area contributed by atoms with Crippen molar-refractivity contribution >= 4 is 11.9 Å². The molecule has 0 fully saturated rings. The number of aromatic amines is 1. The van der Waals surface area contributed by atoms with E-state index in [1.807, 2.05) is 0 Å². The van der Waals surface area contributed by atoms with Crippen LogP contribution in [0, 0.1) is 0 Å². The van der Waals surface area contributed by atoms with Gasteiger partial charge >= 0.3 is 5.97 Å². The predicted octanol–water partition coefficient (Wildman–Crippen LogP) is 0.564. The molecule has 78 valence electrons. The molecule has 0 aliphatic heterocycles. The Morgan fingerprint density at radius 2 is 2.14 bits per heavy atom. The van der Waals surface area contributed by atoms with Crippen LogP contribution in [0.4, 0.5) is 0 Å². The highest BCUT2D eigenvalue weighted by Crippen LogP contribution is 1.90. The summed E-state index contributed by atoms with van der Waals surface area (Å²) < 4.78 is 4.65. The summed E-state index contributed by atoms with van der Waals surface area (Å²) in [7, 11) is 0. The first kappa shape index (κ1) is 12.2. The van der Waals surface area contributed by atoms with Gasteiger partial charge in [0.1, 0.15) is 12.4 Å². The van der Waals surface area contributed by atoms with Crippen molar-refractivity contribution in [3.05, 3.63) is 18.2 Å². The first-order valence-electron chi connectivity index (χ1n) is 3.83. The quantitative estimate of drug-likeness (QED) is 0.680. The van der Waals surface area contributed by atoms with Crippen molar-refractivity contribution in [2.45, 2.75) is 20.5 Å². The average Bonchev–Trinajstić information content (AvgIpc) is 2.51. The summed E-state index contributed by atoms with van der Waals surface area (Å²) in [6, 6.07) is 0. The van der Waals surface area contributed by atoms with Crippen LogP contribution in [0.1, 0.15) is 19.7 Å². The molecule has 2 N–H and O–H groups in total. The van der Waals surface area contributed by atoms with E-state index in [2.05, 4.69) is 14.7 Å². The Labute approximate surface area is 80.9 Å². The van der Waals surface area contributed by atoms with Crippen molar-refractivity contribution in [2.24, 2.45) is 0 Å². The van der Waals surface area contributed by atoms with Crippen LogP contribution in [-0.2, 0) is 20.9 Å². The number of carboxylic acids is 1. The van der Waals surface area contributed by atoms with Gasteiger partial charge < -0.3 is 14.8 Å². The maximum Gasteiger partial charge on any atom is 0.303 e. The van der Waals surface area contributed by atoms with Crippen LogP contribution < -0.4 is 0 Å². The van der Waals surface area contributed by atoms with Crippen molar-refractivity contribution in [3.63, 3.8) is 0 Å². The second kappa shape index (κ2) is 6.64. The number of esters is 1. The minimum atomic E-state index is -0.833. The van der Waals surface area contributed by atoms with Gasteiger partial charge in [0.25, 0.3) is 5.97 Å². The van der Waals surface area contributed by atoms with Crippen molar-refractivity contribution in [1.29, 1.82) is 0 Å². The third kappa shape index (κ3) is 8.25. The van der Waals surface area contributed by atoms with E-state index in [9.17, 15) is 4.79 Å². The van der Waals surface area contributed by atoms with E-state index in [0.717, 1.165) is 6.92 Å². The van der Waals surface area contributed by atoms with E-state index in [1.165, 1.54) is 6.92 Å². The normalized spacial score (nSPS) is 8.43. The standard InChI is InChI=1S/C6H8N2O2.C2H4O2/c1-5(9)10-4-6-7-2-3-8-6;1-2(3)4/h2-3H,4H2,1H3,(H,7,8);1H3,(H,3,4). The van der Waals surface area contributed by atoms with Gasteiger partial charge in [-0.1, -0.05) is 0 Å². The molecule has 6 nitrogen and oxygen atoms in total. The first-order chi connectivity index (χ1) is 6.52. The van der Waals surface area contributed by atoms with E-state index >= 15 is 0 Å². The molecule has 0 saturated heterocycles. The summed E-state index contributed by atoms with van der Waals surface area (Å²) >= 11 is 0. The van der Waals surface area contributed by atoms with Gasteiger partial charge in [0, 0.05) is 26.2 Å². The van der Waals surface area contributed by atoms with E-state index in [0.29, 0.717) is 5.82 Å². The number of H-pyrrole nitrogens is 1. The van der Waals surface area contributed by atoms with Gasteiger partial charge in [-0.3, -0.25) is 9.59 Å². The van der Waals surface area contributed by atoms with Gasteiger partial charge in [-0.05, 0) is 0 Å². The summed E-state index contributed by atoms with van der Waals surface area (Å²) in [6.07, 6.45) is 3.29. The van der Waals surface area contributed by atoms with Crippen molar-refractivity contribution in [3.8, 4) is 0 Å². The first-order valence-corrected chi connectivity index (χ1v) is 3.83. The van der Waals surface area contributed by atoms with E-state index in [-0.39, 0.29) is 12.6 Å². The van der Waals surface area contributed by atoms with Crippen LogP contribution in [0.2, 0.25) is 0 Å². The van der Waals surface area contributed by atoms with Gasteiger partial charge in [0.05, 0.1) is 0 Å². The lowest BCUT2D eigenvalue weighted by Gasteiger charge is -1.95. The lowest BCUT2D eigenvalue weighted by atomic mass is 10.6. The number of carbonyl (C=O) groups is 2. The third-order valence-electron chi connectivity index (χ3n) is 0.967. The largest absolute Gasteiger partial charge is 0.481 e. The molecule has 0 unspecified atom stereocenters. The molecule has 0 amide bonds. The summed E-state index contributed by atoms with van der Waals surface area (Å²) in [5, 5.41) is 7.42. The zero-order valence-corrected chi connectivity index (χ0v) is 7.98. The highest BCUT2D eigenvalue weighted by molar-refractivity contribution is 5.65. The number of nitrogens with zero attached hydrogens (tertiary/aromatic N) is 1. The molecule has 0 aliphatic rings. The van der Waals surface area contributed by atoms with Crippen LogP contribution >= 0.6 is 0 Å². The number of carboxylic acid groups (broad SMARTS) is 1. The second-order valence-electron chi connectivity index (χ2n) is 2.34. The minimum absolute atomic E-state index is 0.225. The van der Waals surface area contributed by atoms with Crippen LogP contribution in [0.3, 0.4) is 0 Å². The number of imidazole rings is 1.